The Labute approximate surface area is 134 Å². The number of imidazole rings is 1. The topological polar surface area (TPSA) is 81.8 Å². The van der Waals surface area contributed by atoms with Gasteiger partial charge in [0.2, 0.25) is 5.91 Å². The molecule has 1 aliphatic carbocycles. The number of nitrogens with one attached hydrogen (secondary N) is 1. The Morgan fingerprint density at radius 2 is 2.30 bits per heavy atom. The van der Waals surface area contributed by atoms with E-state index in [-0.39, 0.29) is 11.5 Å². The van der Waals surface area contributed by atoms with Gasteiger partial charge in [0.05, 0.1) is 12.0 Å². The van der Waals surface area contributed by atoms with Crippen LogP contribution in [0.1, 0.15) is 37.1 Å². The number of nitrogens with zero attached hydrogens (tertiary/aromatic N) is 4. The summed E-state index contributed by atoms with van der Waals surface area (Å²) in [6.45, 7) is 3.06. The largest absolute Gasteiger partial charge is 0.354 e. The second kappa shape index (κ2) is 6.76. The molecule has 0 spiro atoms. The number of hydrogen-bond donors (Lipinski definition) is 1. The highest BCUT2D eigenvalue weighted by molar-refractivity contribution is 5.79. The van der Waals surface area contributed by atoms with E-state index < -0.39 is 6.04 Å². The van der Waals surface area contributed by atoms with Gasteiger partial charge in [0, 0.05) is 31.5 Å². The van der Waals surface area contributed by atoms with E-state index in [9.17, 15) is 9.59 Å². The van der Waals surface area contributed by atoms with Crippen LogP contribution >= 0.6 is 0 Å². The lowest BCUT2D eigenvalue weighted by Crippen LogP contribution is -2.38. The fourth-order valence-corrected chi connectivity index (χ4v) is 2.84. The minimum absolute atomic E-state index is 0.178. The van der Waals surface area contributed by atoms with Crippen LogP contribution < -0.4 is 10.9 Å². The van der Waals surface area contributed by atoms with Crippen molar-refractivity contribution in [1.29, 1.82) is 0 Å². The highest BCUT2D eigenvalue weighted by Crippen LogP contribution is 2.17. The molecule has 2 heterocycles. The summed E-state index contributed by atoms with van der Waals surface area (Å²) in [6, 6.07) is 1.03. The SMILES string of the molecule is CC(C(=O)NCCCn1ccnc1)n1nc2c(cc1=O)CCC2. The first-order chi connectivity index (χ1) is 11.1. The molecule has 7 nitrogen and oxygen atoms in total. The van der Waals surface area contributed by atoms with Crippen molar-refractivity contribution in [2.24, 2.45) is 0 Å². The maximum absolute atomic E-state index is 12.2. The number of carbonyl (C=O) groups excluding carboxylic acids is 1. The van der Waals surface area contributed by atoms with Gasteiger partial charge in [-0.3, -0.25) is 9.59 Å². The number of hydrogen-bond acceptors (Lipinski definition) is 4. The predicted molar refractivity (Wildman–Crippen MR) is 85.1 cm³/mol. The van der Waals surface area contributed by atoms with E-state index in [1.165, 1.54) is 4.68 Å². The highest BCUT2D eigenvalue weighted by atomic mass is 16.2. The summed E-state index contributed by atoms with van der Waals surface area (Å²) in [7, 11) is 0. The van der Waals surface area contributed by atoms with Gasteiger partial charge in [-0.2, -0.15) is 5.10 Å². The molecule has 0 radical (unpaired) electrons. The van der Waals surface area contributed by atoms with E-state index >= 15 is 0 Å². The van der Waals surface area contributed by atoms with E-state index in [1.54, 1.807) is 25.5 Å². The number of fused-ring (bicyclic) bond motifs is 1. The Morgan fingerprint density at radius 3 is 3.09 bits per heavy atom. The molecule has 0 aliphatic heterocycles. The van der Waals surface area contributed by atoms with Crippen LogP contribution in [0.3, 0.4) is 0 Å². The Morgan fingerprint density at radius 1 is 1.43 bits per heavy atom. The van der Waals surface area contributed by atoms with Crippen molar-refractivity contribution in [3.8, 4) is 0 Å². The molecule has 7 heteroatoms. The van der Waals surface area contributed by atoms with Crippen LogP contribution in [0, 0.1) is 0 Å². The molecule has 1 unspecified atom stereocenters. The van der Waals surface area contributed by atoms with Crippen LogP contribution in [0.25, 0.3) is 0 Å². The van der Waals surface area contributed by atoms with Gasteiger partial charge in [0.25, 0.3) is 5.56 Å². The summed E-state index contributed by atoms with van der Waals surface area (Å²) in [5, 5.41) is 7.24. The number of aryl methyl sites for hydroxylation is 3. The van der Waals surface area contributed by atoms with Gasteiger partial charge in [-0.1, -0.05) is 0 Å². The molecule has 2 aromatic heterocycles. The highest BCUT2D eigenvalue weighted by Gasteiger charge is 2.20. The van der Waals surface area contributed by atoms with Gasteiger partial charge in [0.1, 0.15) is 6.04 Å². The van der Waals surface area contributed by atoms with Crippen LogP contribution in [0.4, 0.5) is 0 Å². The summed E-state index contributed by atoms with van der Waals surface area (Å²) >= 11 is 0. The van der Waals surface area contributed by atoms with E-state index in [2.05, 4.69) is 15.4 Å². The number of rotatable bonds is 6. The molecular formula is C16H21N5O2. The number of carbonyl (C=O) groups is 1. The summed E-state index contributed by atoms with van der Waals surface area (Å²) in [5.41, 5.74) is 1.77. The van der Waals surface area contributed by atoms with Gasteiger partial charge in [-0.15, -0.1) is 0 Å². The van der Waals surface area contributed by atoms with Crippen molar-refractivity contribution in [1.82, 2.24) is 24.6 Å². The first-order valence-corrected chi connectivity index (χ1v) is 8.00. The van der Waals surface area contributed by atoms with Gasteiger partial charge < -0.3 is 9.88 Å². The van der Waals surface area contributed by atoms with Gasteiger partial charge in [-0.25, -0.2) is 9.67 Å². The Bertz CT molecular complexity index is 735. The smallest absolute Gasteiger partial charge is 0.267 e. The van der Waals surface area contributed by atoms with Crippen molar-refractivity contribution in [3.05, 3.63) is 46.4 Å². The average Bonchev–Trinajstić information content (AvgIpc) is 3.20. The molecule has 122 valence electrons. The van der Waals surface area contributed by atoms with Crippen molar-refractivity contribution < 1.29 is 4.79 Å². The van der Waals surface area contributed by atoms with Crippen molar-refractivity contribution in [2.45, 2.75) is 45.2 Å². The van der Waals surface area contributed by atoms with Gasteiger partial charge in [-0.05, 0) is 38.2 Å². The molecule has 2 aromatic rings. The fraction of sp³-hybridized carbons (Fsp3) is 0.500. The van der Waals surface area contributed by atoms with Crippen LogP contribution in [0.5, 0.6) is 0 Å². The number of amides is 1. The molecule has 23 heavy (non-hydrogen) atoms. The minimum atomic E-state index is -0.596. The Hall–Kier alpha value is -2.44. The lowest BCUT2D eigenvalue weighted by Gasteiger charge is -2.15. The Balaban J connectivity index is 1.56. The van der Waals surface area contributed by atoms with Crippen molar-refractivity contribution in [3.63, 3.8) is 0 Å². The molecule has 0 saturated carbocycles. The van der Waals surface area contributed by atoms with Gasteiger partial charge in [0.15, 0.2) is 0 Å². The first-order valence-electron chi connectivity index (χ1n) is 8.00. The van der Waals surface area contributed by atoms with Crippen LogP contribution in [-0.4, -0.2) is 31.8 Å². The minimum Gasteiger partial charge on any atom is -0.354 e. The van der Waals surface area contributed by atoms with E-state index in [1.807, 2.05) is 10.8 Å². The molecule has 1 aliphatic rings. The molecular weight excluding hydrogens is 294 g/mol. The van der Waals surface area contributed by atoms with Crippen molar-refractivity contribution in [2.75, 3.05) is 6.54 Å². The standard InChI is InChI=1S/C16H21N5O2/c1-12(16(23)18-6-3-8-20-9-7-17-11-20)21-15(22)10-13-4-2-5-14(13)19-21/h7,9-12H,2-6,8H2,1H3,(H,18,23). The quantitative estimate of drug-likeness (QED) is 0.796. The Kier molecular flexibility index (Phi) is 4.55. The molecule has 3 rings (SSSR count). The average molecular weight is 315 g/mol. The van der Waals surface area contributed by atoms with E-state index in [4.69, 9.17) is 0 Å². The second-order valence-electron chi connectivity index (χ2n) is 5.87. The normalized spacial score (nSPS) is 14.5. The zero-order valence-corrected chi connectivity index (χ0v) is 13.2. The predicted octanol–water partition coefficient (Wildman–Crippen LogP) is 0.696. The summed E-state index contributed by atoms with van der Waals surface area (Å²) in [5.74, 6) is -0.178. The third-order valence-corrected chi connectivity index (χ3v) is 4.18. The van der Waals surface area contributed by atoms with Crippen LogP contribution in [0.15, 0.2) is 29.6 Å². The molecule has 0 bridgehead atoms. The zero-order valence-electron chi connectivity index (χ0n) is 13.2. The lowest BCUT2D eigenvalue weighted by atomic mass is 10.2. The molecule has 1 atom stereocenters. The lowest BCUT2D eigenvalue weighted by molar-refractivity contribution is -0.124. The molecule has 0 aromatic carbocycles. The van der Waals surface area contributed by atoms with Crippen LogP contribution in [0.2, 0.25) is 0 Å². The maximum atomic E-state index is 12.2. The number of aromatic nitrogens is 4. The molecule has 0 fully saturated rings. The van der Waals surface area contributed by atoms with Gasteiger partial charge >= 0.3 is 0 Å². The zero-order chi connectivity index (χ0) is 16.2. The second-order valence-corrected chi connectivity index (χ2v) is 5.87. The third-order valence-electron chi connectivity index (χ3n) is 4.18. The first kappa shape index (κ1) is 15.5. The summed E-state index contributed by atoms with van der Waals surface area (Å²) < 4.78 is 3.26. The van der Waals surface area contributed by atoms with Crippen molar-refractivity contribution >= 4 is 5.91 Å². The maximum Gasteiger partial charge on any atom is 0.267 e. The van der Waals surface area contributed by atoms with Crippen LogP contribution in [-0.2, 0) is 24.2 Å². The monoisotopic (exact) mass is 315 g/mol. The van der Waals surface area contributed by atoms with E-state index in [0.29, 0.717) is 6.54 Å². The molecule has 1 amide bonds. The fourth-order valence-electron chi connectivity index (χ4n) is 2.84. The van der Waals surface area contributed by atoms with E-state index in [0.717, 1.165) is 43.5 Å². The molecule has 1 N–H and O–H groups in total. The molecule has 0 saturated heterocycles. The summed E-state index contributed by atoms with van der Waals surface area (Å²) in [4.78, 5) is 28.3. The third kappa shape index (κ3) is 3.49. The summed E-state index contributed by atoms with van der Waals surface area (Å²) in [6.07, 6.45) is 8.99.